The summed E-state index contributed by atoms with van der Waals surface area (Å²) in [7, 11) is 0. The standard InChI is InChI=1S/C14H13ClN2O3/c15-12-5-11(14(19)20)7-17-13(12)16-6-9-2-1-3-10(4-9)8-18/h1-5,7,18H,6,8H2,(H,16,17)(H,19,20). The van der Waals surface area contributed by atoms with Gasteiger partial charge in [-0.1, -0.05) is 35.9 Å². The number of carboxylic acid groups (broad SMARTS) is 1. The average molecular weight is 293 g/mol. The van der Waals surface area contributed by atoms with E-state index < -0.39 is 5.97 Å². The fourth-order valence-electron chi connectivity index (χ4n) is 1.71. The van der Waals surface area contributed by atoms with Crippen molar-refractivity contribution in [1.29, 1.82) is 0 Å². The van der Waals surface area contributed by atoms with Crippen molar-refractivity contribution in [2.45, 2.75) is 13.2 Å². The number of carboxylic acids is 1. The second-order valence-electron chi connectivity index (χ2n) is 4.19. The maximum atomic E-state index is 10.8. The summed E-state index contributed by atoms with van der Waals surface area (Å²) in [6.45, 7) is 0.465. The minimum atomic E-state index is -1.07. The van der Waals surface area contributed by atoms with E-state index in [0.717, 1.165) is 11.1 Å². The Labute approximate surface area is 120 Å². The van der Waals surface area contributed by atoms with E-state index in [2.05, 4.69) is 10.3 Å². The molecule has 3 N–H and O–H groups in total. The summed E-state index contributed by atoms with van der Waals surface area (Å²) in [6.07, 6.45) is 1.25. The van der Waals surface area contributed by atoms with E-state index in [1.165, 1.54) is 12.3 Å². The summed E-state index contributed by atoms with van der Waals surface area (Å²) < 4.78 is 0. The van der Waals surface area contributed by atoms with Gasteiger partial charge in [-0.05, 0) is 17.2 Å². The van der Waals surface area contributed by atoms with Crippen LogP contribution in [0, 0.1) is 0 Å². The molecule has 2 rings (SSSR count). The third kappa shape index (κ3) is 3.46. The Morgan fingerprint density at radius 2 is 2.05 bits per heavy atom. The third-order valence-corrected chi connectivity index (χ3v) is 3.01. The summed E-state index contributed by atoms with van der Waals surface area (Å²) in [4.78, 5) is 14.8. The minimum Gasteiger partial charge on any atom is -0.478 e. The summed E-state index contributed by atoms with van der Waals surface area (Å²) in [5, 5.41) is 21.2. The van der Waals surface area contributed by atoms with Crippen molar-refractivity contribution in [1.82, 2.24) is 4.98 Å². The number of nitrogens with one attached hydrogen (secondary N) is 1. The van der Waals surface area contributed by atoms with Crippen molar-refractivity contribution in [3.63, 3.8) is 0 Å². The van der Waals surface area contributed by atoms with Crippen molar-refractivity contribution in [3.05, 3.63) is 58.2 Å². The van der Waals surface area contributed by atoms with E-state index >= 15 is 0 Å². The van der Waals surface area contributed by atoms with Crippen LogP contribution in [-0.4, -0.2) is 21.2 Å². The highest BCUT2D eigenvalue weighted by atomic mass is 35.5. The van der Waals surface area contributed by atoms with Crippen LogP contribution in [0.5, 0.6) is 0 Å². The molecule has 20 heavy (non-hydrogen) atoms. The number of carbonyl (C=O) groups is 1. The first-order valence-corrected chi connectivity index (χ1v) is 6.29. The lowest BCUT2D eigenvalue weighted by molar-refractivity contribution is 0.0696. The number of aromatic nitrogens is 1. The lowest BCUT2D eigenvalue weighted by Crippen LogP contribution is -2.04. The minimum absolute atomic E-state index is 0.0137. The van der Waals surface area contributed by atoms with Gasteiger partial charge in [0.1, 0.15) is 5.82 Å². The zero-order valence-electron chi connectivity index (χ0n) is 10.5. The molecule has 0 saturated carbocycles. The van der Waals surface area contributed by atoms with Gasteiger partial charge in [0, 0.05) is 12.7 Å². The van der Waals surface area contributed by atoms with Gasteiger partial charge >= 0.3 is 5.97 Å². The molecule has 0 amide bonds. The van der Waals surface area contributed by atoms with Gasteiger partial charge in [-0.15, -0.1) is 0 Å². The lowest BCUT2D eigenvalue weighted by atomic mass is 10.1. The van der Waals surface area contributed by atoms with Crippen LogP contribution in [-0.2, 0) is 13.2 Å². The molecular weight excluding hydrogens is 280 g/mol. The number of nitrogens with zero attached hydrogens (tertiary/aromatic N) is 1. The van der Waals surface area contributed by atoms with E-state index in [0.29, 0.717) is 12.4 Å². The van der Waals surface area contributed by atoms with Gasteiger partial charge in [0.05, 0.1) is 17.2 Å². The number of aliphatic hydroxyl groups excluding tert-OH is 1. The third-order valence-electron chi connectivity index (χ3n) is 2.72. The van der Waals surface area contributed by atoms with E-state index in [1.54, 1.807) is 0 Å². The molecule has 0 aliphatic rings. The molecule has 0 aliphatic heterocycles. The topological polar surface area (TPSA) is 82.5 Å². The lowest BCUT2D eigenvalue weighted by Gasteiger charge is -2.08. The summed E-state index contributed by atoms with van der Waals surface area (Å²) in [5.74, 6) is -0.646. The quantitative estimate of drug-likeness (QED) is 0.789. The van der Waals surface area contributed by atoms with Crippen molar-refractivity contribution < 1.29 is 15.0 Å². The van der Waals surface area contributed by atoms with E-state index in [1.807, 2.05) is 24.3 Å². The molecule has 1 heterocycles. The van der Waals surface area contributed by atoms with Gasteiger partial charge in [-0.3, -0.25) is 0 Å². The normalized spacial score (nSPS) is 10.3. The molecule has 0 bridgehead atoms. The molecule has 104 valence electrons. The predicted molar refractivity (Wildman–Crippen MR) is 75.9 cm³/mol. The number of benzene rings is 1. The predicted octanol–water partition coefficient (Wildman–Crippen LogP) is 2.54. The first kappa shape index (κ1) is 14.3. The highest BCUT2D eigenvalue weighted by molar-refractivity contribution is 6.33. The highest BCUT2D eigenvalue weighted by Crippen LogP contribution is 2.21. The SMILES string of the molecule is O=C(O)c1cnc(NCc2cccc(CO)c2)c(Cl)c1. The van der Waals surface area contributed by atoms with Gasteiger partial charge in [0.2, 0.25) is 0 Å². The van der Waals surface area contributed by atoms with Gasteiger partial charge < -0.3 is 15.5 Å². The number of hydrogen-bond donors (Lipinski definition) is 3. The first-order chi connectivity index (χ1) is 9.60. The Kier molecular flexibility index (Phi) is 4.55. The molecule has 1 aromatic heterocycles. The number of pyridine rings is 1. The number of anilines is 1. The van der Waals surface area contributed by atoms with Crippen LogP contribution in [0.25, 0.3) is 0 Å². The number of halogens is 1. The molecular formula is C14H13ClN2O3. The Balaban J connectivity index is 2.08. The Hall–Kier alpha value is -2.11. The van der Waals surface area contributed by atoms with Crippen molar-refractivity contribution >= 4 is 23.4 Å². The van der Waals surface area contributed by atoms with Crippen LogP contribution < -0.4 is 5.32 Å². The van der Waals surface area contributed by atoms with Gasteiger partial charge in [0.25, 0.3) is 0 Å². The second-order valence-corrected chi connectivity index (χ2v) is 4.60. The smallest absolute Gasteiger partial charge is 0.337 e. The Morgan fingerprint density at radius 3 is 2.70 bits per heavy atom. The van der Waals surface area contributed by atoms with E-state index in [4.69, 9.17) is 21.8 Å². The molecule has 1 aromatic carbocycles. The largest absolute Gasteiger partial charge is 0.478 e. The highest BCUT2D eigenvalue weighted by Gasteiger charge is 2.08. The molecule has 6 heteroatoms. The summed E-state index contributed by atoms with van der Waals surface area (Å²) in [6, 6.07) is 8.81. The number of hydrogen-bond acceptors (Lipinski definition) is 4. The van der Waals surface area contributed by atoms with Gasteiger partial charge in [-0.2, -0.15) is 0 Å². The second kappa shape index (κ2) is 6.36. The van der Waals surface area contributed by atoms with Crippen molar-refractivity contribution in [2.24, 2.45) is 0 Å². The van der Waals surface area contributed by atoms with Crippen LogP contribution in [0.4, 0.5) is 5.82 Å². The molecule has 0 aliphatic carbocycles. The summed E-state index contributed by atoms with van der Waals surface area (Å²) >= 11 is 5.97. The van der Waals surface area contributed by atoms with Gasteiger partial charge in [-0.25, -0.2) is 9.78 Å². The van der Waals surface area contributed by atoms with Crippen molar-refractivity contribution in [3.8, 4) is 0 Å². The number of aromatic carboxylic acids is 1. The monoisotopic (exact) mass is 292 g/mol. The number of rotatable bonds is 5. The molecule has 0 fully saturated rings. The zero-order chi connectivity index (χ0) is 14.5. The maximum Gasteiger partial charge on any atom is 0.337 e. The van der Waals surface area contributed by atoms with Crippen LogP contribution in [0.15, 0.2) is 36.5 Å². The van der Waals surface area contributed by atoms with Crippen LogP contribution in [0.3, 0.4) is 0 Å². The molecule has 5 nitrogen and oxygen atoms in total. The van der Waals surface area contributed by atoms with Crippen molar-refractivity contribution in [2.75, 3.05) is 5.32 Å². The molecule has 0 unspecified atom stereocenters. The van der Waals surface area contributed by atoms with Gasteiger partial charge in [0.15, 0.2) is 0 Å². The maximum absolute atomic E-state index is 10.8. The molecule has 0 spiro atoms. The fraction of sp³-hybridized carbons (Fsp3) is 0.143. The van der Waals surface area contributed by atoms with E-state index in [-0.39, 0.29) is 17.2 Å². The molecule has 2 aromatic rings. The first-order valence-electron chi connectivity index (χ1n) is 5.91. The Bertz CT molecular complexity index is 632. The molecule has 0 saturated heterocycles. The average Bonchev–Trinajstić information content (AvgIpc) is 2.46. The molecule has 0 atom stereocenters. The molecule has 0 radical (unpaired) electrons. The van der Waals surface area contributed by atoms with Crippen LogP contribution in [0.1, 0.15) is 21.5 Å². The fourth-order valence-corrected chi connectivity index (χ4v) is 1.94. The Morgan fingerprint density at radius 1 is 1.30 bits per heavy atom. The number of aliphatic hydroxyl groups is 1. The zero-order valence-corrected chi connectivity index (χ0v) is 11.3. The van der Waals surface area contributed by atoms with Crippen LogP contribution >= 0.6 is 11.6 Å². The van der Waals surface area contributed by atoms with Crippen LogP contribution in [0.2, 0.25) is 5.02 Å². The van der Waals surface area contributed by atoms with E-state index in [9.17, 15) is 4.79 Å². The summed E-state index contributed by atoms with van der Waals surface area (Å²) in [5.41, 5.74) is 1.84.